The quantitative estimate of drug-likeness (QED) is 0.664. The molecule has 2 atom stereocenters. The lowest BCUT2D eigenvalue weighted by molar-refractivity contribution is 0.0390. The molecule has 1 aromatic rings. The van der Waals surface area contributed by atoms with Gasteiger partial charge in [0.2, 0.25) is 0 Å². The van der Waals surface area contributed by atoms with E-state index in [0.717, 1.165) is 24.1 Å². The second-order valence-corrected chi connectivity index (χ2v) is 5.39. The van der Waals surface area contributed by atoms with Crippen LogP contribution in [0.25, 0.3) is 0 Å². The van der Waals surface area contributed by atoms with E-state index in [-0.39, 0.29) is 6.04 Å². The van der Waals surface area contributed by atoms with Gasteiger partial charge in [0, 0.05) is 22.4 Å². The maximum atomic E-state index is 5.64. The van der Waals surface area contributed by atoms with Crippen molar-refractivity contribution >= 4 is 27.3 Å². The molecule has 0 saturated carbocycles. The van der Waals surface area contributed by atoms with Gasteiger partial charge in [0.25, 0.3) is 0 Å². The van der Waals surface area contributed by atoms with E-state index in [4.69, 9.17) is 10.6 Å². The molecule has 0 bridgehead atoms. The first-order valence-electron chi connectivity index (χ1n) is 5.08. The van der Waals surface area contributed by atoms with Crippen molar-refractivity contribution in [3.05, 3.63) is 20.8 Å². The maximum Gasteiger partial charge on any atom is 0.0529 e. The Morgan fingerprint density at radius 3 is 3.00 bits per heavy atom. The first-order chi connectivity index (χ1) is 7.33. The lowest BCUT2D eigenvalue weighted by Crippen LogP contribution is -2.37. The van der Waals surface area contributed by atoms with Gasteiger partial charge in [-0.05, 0) is 39.7 Å². The zero-order chi connectivity index (χ0) is 10.7. The molecule has 0 radical (unpaired) electrons. The van der Waals surface area contributed by atoms with Gasteiger partial charge in [0.1, 0.15) is 0 Å². The maximum absolute atomic E-state index is 5.64. The average molecular weight is 291 g/mol. The van der Waals surface area contributed by atoms with Crippen molar-refractivity contribution < 1.29 is 4.74 Å². The van der Waals surface area contributed by atoms with Crippen LogP contribution in [0.4, 0.5) is 0 Å². The number of hydrogen-bond acceptors (Lipinski definition) is 4. The van der Waals surface area contributed by atoms with Crippen molar-refractivity contribution in [1.29, 1.82) is 0 Å². The lowest BCUT2D eigenvalue weighted by Gasteiger charge is -2.29. The molecule has 0 amide bonds. The highest BCUT2D eigenvalue weighted by molar-refractivity contribution is 9.10. The zero-order valence-corrected chi connectivity index (χ0v) is 10.8. The Balaban J connectivity index is 2.12. The number of ether oxygens (including phenoxy) is 1. The number of thiophene rings is 1. The molecular formula is C10H15BrN2OS. The van der Waals surface area contributed by atoms with Gasteiger partial charge in [-0.3, -0.25) is 11.3 Å². The molecule has 2 unspecified atom stereocenters. The van der Waals surface area contributed by atoms with Crippen LogP contribution in [-0.2, 0) is 4.74 Å². The van der Waals surface area contributed by atoms with Gasteiger partial charge in [-0.1, -0.05) is 0 Å². The molecule has 2 heterocycles. The second-order valence-electron chi connectivity index (χ2n) is 3.80. The SMILES string of the molecule is NNC(c1cscc1Br)C1CCCOC1. The summed E-state index contributed by atoms with van der Waals surface area (Å²) in [6, 6.07) is 0.200. The van der Waals surface area contributed by atoms with Crippen molar-refractivity contribution in [2.24, 2.45) is 11.8 Å². The summed E-state index contributed by atoms with van der Waals surface area (Å²) in [5.74, 6) is 6.12. The summed E-state index contributed by atoms with van der Waals surface area (Å²) < 4.78 is 6.64. The molecular weight excluding hydrogens is 276 g/mol. The average Bonchev–Trinajstić information content (AvgIpc) is 2.68. The molecule has 15 heavy (non-hydrogen) atoms. The predicted octanol–water partition coefficient (Wildman–Crippen LogP) is 2.44. The molecule has 1 aromatic heterocycles. The van der Waals surface area contributed by atoms with E-state index in [1.807, 2.05) is 0 Å². The Hall–Kier alpha value is 0.0600. The van der Waals surface area contributed by atoms with E-state index in [0.29, 0.717) is 5.92 Å². The van der Waals surface area contributed by atoms with Gasteiger partial charge in [0.15, 0.2) is 0 Å². The second kappa shape index (κ2) is 5.41. The van der Waals surface area contributed by atoms with Crippen molar-refractivity contribution in [2.45, 2.75) is 18.9 Å². The van der Waals surface area contributed by atoms with Gasteiger partial charge in [-0.25, -0.2) is 0 Å². The van der Waals surface area contributed by atoms with Crippen molar-refractivity contribution in [3.63, 3.8) is 0 Å². The van der Waals surface area contributed by atoms with Crippen molar-refractivity contribution in [3.8, 4) is 0 Å². The normalized spacial score (nSPS) is 24.0. The molecule has 2 rings (SSSR count). The molecule has 3 N–H and O–H groups in total. The van der Waals surface area contributed by atoms with Gasteiger partial charge in [-0.2, -0.15) is 11.3 Å². The van der Waals surface area contributed by atoms with Crippen LogP contribution in [0.3, 0.4) is 0 Å². The lowest BCUT2D eigenvalue weighted by atomic mass is 9.90. The monoisotopic (exact) mass is 290 g/mol. The van der Waals surface area contributed by atoms with Crippen LogP contribution in [0, 0.1) is 5.92 Å². The van der Waals surface area contributed by atoms with Gasteiger partial charge in [-0.15, -0.1) is 0 Å². The summed E-state index contributed by atoms with van der Waals surface area (Å²) in [6.45, 7) is 1.69. The molecule has 1 aliphatic heterocycles. The summed E-state index contributed by atoms with van der Waals surface area (Å²) in [4.78, 5) is 0. The van der Waals surface area contributed by atoms with Crippen molar-refractivity contribution in [1.82, 2.24) is 5.43 Å². The van der Waals surface area contributed by atoms with E-state index in [9.17, 15) is 0 Å². The molecule has 5 heteroatoms. The Morgan fingerprint density at radius 2 is 2.47 bits per heavy atom. The van der Waals surface area contributed by atoms with Crippen LogP contribution in [0.15, 0.2) is 15.2 Å². The van der Waals surface area contributed by atoms with Crippen LogP contribution in [0.5, 0.6) is 0 Å². The smallest absolute Gasteiger partial charge is 0.0529 e. The Labute approximate surface area is 102 Å². The minimum atomic E-state index is 0.200. The van der Waals surface area contributed by atoms with Gasteiger partial charge in [0.05, 0.1) is 12.6 Å². The van der Waals surface area contributed by atoms with E-state index in [1.54, 1.807) is 11.3 Å². The summed E-state index contributed by atoms with van der Waals surface area (Å²) in [5, 5.41) is 4.23. The Bertz CT molecular complexity index is 312. The van der Waals surface area contributed by atoms with E-state index in [2.05, 4.69) is 32.1 Å². The number of nitrogens with two attached hydrogens (primary N) is 1. The van der Waals surface area contributed by atoms with Crippen LogP contribution in [-0.4, -0.2) is 13.2 Å². The molecule has 1 fully saturated rings. The summed E-state index contributed by atoms with van der Waals surface area (Å²) in [5.41, 5.74) is 4.16. The topological polar surface area (TPSA) is 47.3 Å². The molecule has 84 valence electrons. The number of hydrazine groups is 1. The standard InChI is InChI=1S/C10H15BrN2OS/c11-9-6-15-5-8(9)10(13-12)7-2-1-3-14-4-7/h5-7,10,13H,1-4,12H2. The molecule has 1 aliphatic rings. The molecule has 0 aliphatic carbocycles. The zero-order valence-electron chi connectivity index (χ0n) is 8.41. The minimum absolute atomic E-state index is 0.200. The number of halogens is 1. The highest BCUT2D eigenvalue weighted by atomic mass is 79.9. The fourth-order valence-electron chi connectivity index (χ4n) is 2.02. The summed E-state index contributed by atoms with van der Waals surface area (Å²) >= 11 is 5.24. The van der Waals surface area contributed by atoms with Gasteiger partial charge >= 0.3 is 0 Å². The minimum Gasteiger partial charge on any atom is -0.381 e. The van der Waals surface area contributed by atoms with Crippen LogP contribution < -0.4 is 11.3 Å². The third-order valence-corrected chi connectivity index (χ3v) is 4.58. The highest BCUT2D eigenvalue weighted by Gasteiger charge is 2.26. The summed E-state index contributed by atoms with van der Waals surface area (Å²) in [7, 11) is 0. The third kappa shape index (κ3) is 2.60. The largest absolute Gasteiger partial charge is 0.381 e. The Morgan fingerprint density at radius 1 is 1.60 bits per heavy atom. The molecule has 3 nitrogen and oxygen atoms in total. The predicted molar refractivity (Wildman–Crippen MR) is 65.6 cm³/mol. The van der Waals surface area contributed by atoms with Crippen LogP contribution >= 0.6 is 27.3 Å². The third-order valence-electron chi connectivity index (χ3n) is 2.82. The van der Waals surface area contributed by atoms with E-state index >= 15 is 0 Å². The van der Waals surface area contributed by atoms with E-state index < -0.39 is 0 Å². The number of nitrogens with one attached hydrogen (secondary N) is 1. The fourth-order valence-corrected chi connectivity index (χ4v) is 3.60. The highest BCUT2D eigenvalue weighted by Crippen LogP contribution is 2.34. The van der Waals surface area contributed by atoms with Crippen LogP contribution in [0.2, 0.25) is 0 Å². The molecule has 0 spiro atoms. The summed E-state index contributed by atoms with van der Waals surface area (Å²) in [6.07, 6.45) is 2.31. The number of rotatable bonds is 3. The first-order valence-corrected chi connectivity index (χ1v) is 6.82. The van der Waals surface area contributed by atoms with Crippen LogP contribution in [0.1, 0.15) is 24.4 Å². The Kier molecular flexibility index (Phi) is 4.16. The van der Waals surface area contributed by atoms with E-state index in [1.165, 1.54) is 12.0 Å². The van der Waals surface area contributed by atoms with Crippen molar-refractivity contribution in [2.75, 3.05) is 13.2 Å². The fraction of sp³-hybridized carbons (Fsp3) is 0.600. The first kappa shape index (κ1) is 11.5. The molecule has 0 aromatic carbocycles. The number of hydrogen-bond donors (Lipinski definition) is 2. The molecule has 1 saturated heterocycles. The van der Waals surface area contributed by atoms with Gasteiger partial charge < -0.3 is 4.74 Å².